The van der Waals surface area contributed by atoms with Gasteiger partial charge in [-0.05, 0) is 55.0 Å². The van der Waals surface area contributed by atoms with Gasteiger partial charge in [0.05, 0.1) is 20.0 Å². The standard InChI is InChI=1S/C14H17ClO2/c1-16-8-2-3-12-9-13(15)6-7-14(12)17-10-11-4-5-11/h2,6-9,11H,3-5,10H2,1H3/b8-2+. The Morgan fingerprint density at radius 3 is 2.94 bits per heavy atom. The molecule has 0 spiro atoms. The Labute approximate surface area is 107 Å². The summed E-state index contributed by atoms with van der Waals surface area (Å²) in [5.41, 5.74) is 1.10. The van der Waals surface area contributed by atoms with Crippen molar-refractivity contribution in [2.24, 2.45) is 5.92 Å². The largest absolute Gasteiger partial charge is 0.505 e. The van der Waals surface area contributed by atoms with Gasteiger partial charge in [0.15, 0.2) is 0 Å². The Bertz CT molecular complexity index is 397. The van der Waals surface area contributed by atoms with Crippen molar-refractivity contribution >= 4 is 11.6 Å². The van der Waals surface area contributed by atoms with Crippen LogP contribution in [0.3, 0.4) is 0 Å². The second-order valence-electron chi connectivity index (χ2n) is 4.32. The summed E-state index contributed by atoms with van der Waals surface area (Å²) in [6.45, 7) is 0.822. The maximum atomic E-state index is 5.99. The zero-order valence-electron chi connectivity index (χ0n) is 9.99. The average molecular weight is 253 g/mol. The molecule has 0 N–H and O–H groups in total. The van der Waals surface area contributed by atoms with Gasteiger partial charge in [-0.15, -0.1) is 0 Å². The smallest absolute Gasteiger partial charge is 0.122 e. The van der Waals surface area contributed by atoms with Crippen molar-refractivity contribution in [3.63, 3.8) is 0 Å². The van der Waals surface area contributed by atoms with Crippen LogP contribution in [0.15, 0.2) is 30.5 Å². The van der Waals surface area contributed by atoms with Crippen LogP contribution in [0, 0.1) is 5.92 Å². The SMILES string of the molecule is CO/C=C/Cc1cc(Cl)ccc1OCC1CC1. The number of methoxy groups -OCH3 is 1. The van der Waals surface area contributed by atoms with E-state index in [1.807, 2.05) is 24.3 Å². The Kier molecular flexibility index (Phi) is 4.32. The van der Waals surface area contributed by atoms with E-state index in [1.165, 1.54) is 12.8 Å². The molecule has 0 heterocycles. The lowest BCUT2D eigenvalue weighted by Crippen LogP contribution is -2.01. The Hall–Kier alpha value is -1.15. The topological polar surface area (TPSA) is 18.5 Å². The number of hydrogen-bond acceptors (Lipinski definition) is 2. The highest BCUT2D eigenvalue weighted by Gasteiger charge is 2.22. The van der Waals surface area contributed by atoms with E-state index in [-0.39, 0.29) is 0 Å². The van der Waals surface area contributed by atoms with Gasteiger partial charge in [0, 0.05) is 5.02 Å². The maximum Gasteiger partial charge on any atom is 0.122 e. The Balaban J connectivity index is 2.02. The van der Waals surface area contributed by atoms with E-state index in [1.54, 1.807) is 13.4 Å². The van der Waals surface area contributed by atoms with Crippen LogP contribution in [0.25, 0.3) is 0 Å². The molecule has 92 valence electrons. The van der Waals surface area contributed by atoms with Gasteiger partial charge in [-0.3, -0.25) is 0 Å². The van der Waals surface area contributed by atoms with E-state index in [0.717, 1.165) is 35.3 Å². The fourth-order valence-electron chi connectivity index (χ4n) is 1.61. The van der Waals surface area contributed by atoms with E-state index < -0.39 is 0 Å². The van der Waals surface area contributed by atoms with Crippen LogP contribution in [0.2, 0.25) is 5.02 Å². The molecule has 0 unspecified atom stereocenters. The summed E-state index contributed by atoms with van der Waals surface area (Å²) in [5.74, 6) is 1.69. The van der Waals surface area contributed by atoms with Crippen LogP contribution >= 0.6 is 11.6 Å². The zero-order valence-corrected chi connectivity index (χ0v) is 10.7. The molecule has 1 aromatic carbocycles. The number of hydrogen-bond donors (Lipinski definition) is 0. The Morgan fingerprint density at radius 2 is 2.24 bits per heavy atom. The molecule has 0 atom stereocenters. The van der Waals surface area contributed by atoms with Gasteiger partial charge in [0.1, 0.15) is 5.75 Å². The summed E-state index contributed by atoms with van der Waals surface area (Å²) in [6, 6.07) is 5.76. The van der Waals surface area contributed by atoms with Crippen molar-refractivity contribution in [1.82, 2.24) is 0 Å². The summed E-state index contributed by atoms with van der Waals surface area (Å²) in [7, 11) is 1.64. The maximum absolute atomic E-state index is 5.99. The third-order valence-electron chi connectivity index (χ3n) is 2.76. The first-order chi connectivity index (χ1) is 8.29. The lowest BCUT2D eigenvalue weighted by molar-refractivity contribution is 0.297. The van der Waals surface area contributed by atoms with E-state index >= 15 is 0 Å². The highest BCUT2D eigenvalue weighted by molar-refractivity contribution is 6.30. The van der Waals surface area contributed by atoms with Crippen LogP contribution < -0.4 is 4.74 Å². The average Bonchev–Trinajstić information content (AvgIpc) is 3.12. The zero-order chi connectivity index (χ0) is 12.1. The molecule has 17 heavy (non-hydrogen) atoms. The quantitative estimate of drug-likeness (QED) is 0.717. The normalized spacial score (nSPS) is 15.2. The number of allylic oxidation sites excluding steroid dienone is 1. The summed E-state index contributed by atoms with van der Waals surface area (Å²) < 4.78 is 10.7. The second-order valence-corrected chi connectivity index (χ2v) is 4.75. The molecule has 1 saturated carbocycles. The molecule has 2 nitrogen and oxygen atoms in total. The Morgan fingerprint density at radius 1 is 1.41 bits per heavy atom. The first kappa shape index (κ1) is 12.3. The van der Waals surface area contributed by atoms with E-state index in [4.69, 9.17) is 21.1 Å². The molecule has 1 aliphatic rings. The fourth-order valence-corrected chi connectivity index (χ4v) is 1.81. The lowest BCUT2D eigenvalue weighted by Gasteiger charge is -2.10. The van der Waals surface area contributed by atoms with Crippen molar-refractivity contribution < 1.29 is 9.47 Å². The van der Waals surface area contributed by atoms with Gasteiger partial charge >= 0.3 is 0 Å². The van der Waals surface area contributed by atoms with E-state index in [0.29, 0.717) is 0 Å². The minimum absolute atomic E-state index is 0.740. The first-order valence-corrected chi connectivity index (χ1v) is 6.26. The van der Waals surface area contributed by atoms with E-state index in [2.05, 4.69) is 0 Å². The predicted molar refractivity (Wildman–Crippen MR) is 69.5 cm³/mol. The number of halogens is 1. The molecular formula is C14H17ClO2. The number of rotatable bonds is 6. The predicted octanol–water partition coefficient (Wildman–Crippen LogP) is 3.83. The van der Waals surface area contributed by atoms with Gasteiger partial charge < -0.3 is 9.47 Å². The molecule has 0 aliphatic heterocycles. The molecule has 1 aromatic rings. The molecular weight excluding hydrogens is 236 g/mol. The molecule has 1 fully saturated rings. The van der Waals surface area contributed by atoms with Crippen LogP contribution in [0.1, 0.15) is 18.4 Å². The number of ether oxygens (including phenoxy) is 2. The van der Waals surface area contributed by atoms with Crippen LogP contribution in [-0.2, 0) is 11.2 Å². The molecule has 0 bridgehead atoms. The third-order valence-corrected chi connectivity index (χ3v) is 3.00. The lowest BCUT2D eigenvalue weighted by atomic mass is 10.1. The molecule has 0 saturated heterocycles. The van der Waals surface area contributed by atoms with E-state index in [9.17, 15) is 0 Å². The molecule has 1 aliphatic carbocycles. The monoisotopic (exact) mass is 252 g/mol. The van der Waals surface area contributed by atoms with Crippen molar-refractivity contribution in [3.05, 3.63) is 41.1 Å². The van der Waals surface area contributed by atoms with Crippen molar-refractivity contribution in [2.45, 2.75) is 19.3 Å². The first-order valence-electron chi connectivity index (χ1n) is 5.88. The minimum atomic E-state index is 0.740. The summed E-state index contributed by atoms with van der Waals surface area (Å²) in [6.07, 6.45) is 6.99. The molecule has 0 amide bonds. The number of benzene rings is 1. The van der Waals surface area contributed by atoms with Crippen LogP contribution in [-0.4, -0.2) is 13.7 Å². The van der Waals surface area contributed by atoms with Crippen LogP contribution in [0.4, 0.5) is 0 Å². The molecule has 3 heteroatoms. The van der Waals surface area contributed by atoms with Crippen molar-refractivity contribution in [3.8, 4) is 5.75 Å². The van der Waals surface area contributed by atoms with Crippen LogP contribution in [0.5, 0.6) is 5.75 Å². The highest BCUT2D eigenvalue weighted by atomic mass is 35.5. The molecule has 0 aromatic heterocycles. The van der Waals surface area contributed by atoms with Gasteiger partial charge in [-0.25, -0.2) is 0 Å². The second kappa shape index (κ2) is 5.97. The summed E-state index contributed by atoms with van der Waals surface area (Å²) in [4.78, 5) is 0. The van der Waals surface area contributed by atoms with Crippen molar-refractivity contribution in [1.29, 1.82) is 0 Å². The summed E-state index contributed by atoms with van der Waals surface area (Å²) >= 11 is 5.99. The molecule has 2 rings (SSSR count). The van der Waals surface area contributed by atoms with Gasteiger partial charge in [-0.1, -0.05) is 11.6 Å². The van der Waals surface area contributed by atoms with Gasteiger partial charge in [-0.2, -0.15) is 0 Å². The highest BCUT2D eigenvalue weighted by Crippen LogP contribution is 2.31. The molecule has 0 radical (unpaired) electrons. The summed E-state index contributed by atoms with van der Waals surface area (Å²) in [5, 5.41) is 0.740. The van der Waals surface area contributed by atoms with Gasteiger partial charge in [0.2, 0.25) is 0 Å². The third kappa shape index (κ3) is 3.97. The minimum Gasteiger partial charge on any atom is -0.505 e. The van der Waals surface area contributed by atoms with Gasteiger partial charge in [0.25, 0.3) is 0 Å². The van der Waals surface area contributed by atoms with Crippen molar-refractivity contribution in [2.75, 3.05) is 13.7 Å². The fraction of sp³-hybridized carbons (Fsp3) is 0.429.